The number of nitrogens with zero attached hydrogens (tertiary/aromatic N) is 2. The first-order chi connectivity index (χ1) is 15.1. The lowest BCUT2D eigenvalue weighted by Gasteiger charge is -2.27. The first kappa shape index (κ1) is 22.0. The molecule has 1 aliphatic rings. The summed E-state index contributed by atoms with van der Waals surface area (Å²) in [5, 5.41) is 14.4. The van der Waals surface area contributed by atoms with Crippen molar-refractivity contribution in [2.45, 2.75) is 45.3 Å². The Hall–Kier alpha value is -3.23. The number of aromatic nitrogens is 3. The van der Waals surface area contributed by atoms with Gasteiger partial charge in [-0.3, -0.25) is 9.78 Å². The number of aliphatic hydroxyl groups is 1. The van der Waals surface area contributed by atoms with E-state index in [9.17, 15) is 9.90 Å². The van der Waals surface area contributed by atoms with Crippen molar-refractivity contribution in [2.75, 3.05) is 5.32 Å². The maximum atomic E-state index is 11.3. The van der Waals surface area contributed by atoms with Crippen LogP contribution in [0.3, 0.4) is 0 Å². The third-order valence-corrected chi connectivity index (χ3v) is 6.39. The number of fused-ring (bicyclic) bond motifs is 1. The number of benzene rings is 1. The predicted molar refractivity (Wildman–Crippen MR) is 129 cm³/mol. The molecule has 3 heterocycles. The quantitative estimate of drug-likeness (QED) is 0.387. The van der Waals surface area contributed by atoms with Crippen LogP contribution >= 0.6 is 11.3 Å². The van der Waals surface area contributed by atoms with Gasteiger partial charge in [0.15, 0.2) is 5.13 Å². The highest BCUT2D eigenvalue weighted by atomic mass is 32.1. The molecule has 1 fully saturated rings. The minimum absolute atomic E-state index is 0. The molecule has 1 aliphatic carbocycles. The van der Waals surface area contributed by atoms with Crippen LogP contribution in [0, 0.1) is 0 Å². The van der Waals surface area contributed by atoms with Crippen LogP contribution in [-0.2, 0) is 0 Å². The molecule has 5 rings (SSSR count). The Morgan fingerprint density at radius 3 is 2.75 bits per heavy atom. The van der Waals surface area contributed by atoms with Gasteiger partial charge in [0.2, 0.25) is 5.56 Å². The molecule has 4 aromatic rings. The van der Waals surface area contributed by atoms with Crippen LogP contribution in [0.4, 0.5) is 5.13 Å². The van der Waals surface area contributed by atoms with Gasteiger partial charge in [-0.25, -0.2) is 4.98 Å². The van der Waals surface area contributed by atoms with E-state index in [1.54, 1.807) is 35.9 Å². The number of rotatable bonds is 5. The van der Waals surface area contributed by atoms with Gasteiger partial charge < -0.3 is 20.1 Å². The number of thiazole rings is 1. The van der Waals surface area contributed by atoms with Gasteiger partial charge in [-0.15, -0.1) is 0 Å². The highest BCUT2D eigenvalue weighted by Gasteiger charge is 2.23. The van der Waals surface area contributed by atoms with E-state index in [2.05, 4.69) is 20.3 Å². The number of H-pyrrole nitrogens is 1. The number of aromatic amines is 1. The van der Waals surface area contributed by atoms with Crippen molar-refractivity contribution in [1.29, 1.82) is 0 Å². The molecule has 0 saturated heterocycles. The van der Waals surface area contributed by atoms with Gasteiger partial charge in [-0.1, -0.05) is 31.6 Å². The fourth-order valence-corrected chi connectivity index (χ4v) is 4.76. The van der Waals surface area contributed by atoms with E-state index >= 15 is 0 Å². The number of nitrogens with one attached hydrogen (secondary N) is 2. The van der Waals surface area contributed by atoms with Crippen molar-refractivity contribution >= 4 is 26.7 Å². The molecule has 0 aliphatic heterocycles. The van der Waals surface area contributed by atoms with E-state index in [-0.39, 0.29) is 25.1 Å². The predicted octanol–water partition coefficient (Wildman–Crippen LogP) is 5.19. The van der Waals surface area contributed by atoms with Gasteiger partial charge in [-0.2, -0.15) is 0 Å². The second-order valence-corrected chi connectivity index (χ2v) is 8.70. The van der Waals surface area contributed by atoms with Gasteiger partial charge in [0, 0.05) is 36.2 Å². The Bertz CT molecular complexity index is 1250. The van der Waals surface area contributed by atoms with Crippen molar-refractivity contribution < 1.29 is 9.84 Å². The molecular weight excluding hydrogens is 424 g/mol. The Kier molecular flexibility index (Phi) is 6.53. The van der Waals surface area contributed by atoms with E-state index in [0.29, 0.717) is 17.2 Å². The maximum Gasteiger partial charge on any atom is 0.247 e. The van der Waals surface area contributed by atoms with E-state index < -0.39 is 0 Å². The lowest BCUT2D eigenvalue weighted by atomic mass is 9.93. The van der Waals surface area contributed by atoms with Crippen LogP contribution in [0.5, 0.6) is 11.5 Å². The topological polar surface area (TPSA) is 100 Å². The second-order valence-electron chi connectivity index (χ2n) is 7.67. The van der Waals surface area contributed by atoms with E-state index in [1.807, 2.05) is 24.3 Å². The molecule has 166 valence electrons. The standard InChI is InChI=1S/C23H22N4O3S.CH4/c28-20-4-2-1-3-17(20)26-23-27-18-7-6-15(12-21(18)31-23)30-16-9-10-24-19(11-16)14-5-8-22(29)25-13-14;/h5-13,17,20,28H,1-4H2,(H,25,29)(H,26,27);1H4/t17-,20-;/m1./s1. The Morgan fingerprint density at radius 2 is 1.94 bits per heavy atom. The number of hydrogen-bond donors (Lipinski definition) is 3. The summed E-state index contributed by atoms with van der Waals surface area (Å²) in [6, 6.07) is 12.7. The Morgan fingerprint density at radius 1 is 1.09 bits per heavy atom. The summed E-state index contributed by atoms with van der Waals surface area (Å²) >= 11 is 1.56. The number of aliphatic hydroxyl groups excluding tert-OH is 1. The summed E-state index contributed by atoms with van der Waals surface area (Å²) in [5.74, 6) is 1.36. The molecule has 0 spiro atoms. The highest BCUT2D eigenvalue weighted by molar-refractivity contribution is 7.22. The smallest absolute Gasteiger partial charge is 0.247 e. The molecule has 0 bridgehead atoms. The van der Waals surface area contributed by atoms with Crippen molar-refractivity contribution in [2.24, 2.45) is 0 Å². The van der Waals surface area contributed by atoms with Gasteiger partial charge >= 0.3 is 0 Å². The van der Waals surface area contributed by atoms with E-state index in [1.165, 1.54) is 6.07 Å². The summed E-state index contributed by atoms with van der Waals surface area (Å²) in [4.78, 5) is 22.9. The largest absolute Gasteiger partial charge is 0.457 e. The normalized spacial score (nSPS) is 18.2. The van der Waals surface area contributed by atoms with Crippen molar-refractivity contribution in [3.05, 3.63) is 65.2 Å². The van der Waals surface area contributed by atoms with Crippen LogP contribution in [0.15, 0.2) is 59.7 Å². The molecule has 1 aromatic carbocycles. The third-order valence-electron chi connectivity index (χ3n) is 5.45. The number of anilines is 1. The molecule has 2 atom stereocenters. The van der Waals surface area contributed by atoms with E-state index in [4.69, 9.17) is 4.74 Å². The van der Waals surface area contributed by atoms with Gasteiger partial charge in [-0.05, 0) is 37.1 Å². The van der Waals surface area contributed by atoms with E-state index in [0.717, 1.165) is 46.6 Å². The van der Waals surface area contributed by atoms with Crippen LogP contribution < -0.4 is 15.6 Å². The summed E-state index contributed by atoms with van der Waals surface area (Å²) in [6.45, 7) is 0. The molecule has 0 amide bonds. The Labute approximate surface area is 190 Å². The minimum Gasteiger partial charge on any atom is -0.457 e. The van der Waals surface area contributed by atoms with Crippen molar-refractivity contribution in [1.82, 2.24) is 15.0 Å². The SMILES string of the molecule is C.O=c1ccc(-c2cc(Oc3ccc4nc(N[C@@H]5CCCC[C@H]5O)sc4c3)ccn2)c[nH]1. The number of pyridine rings is 2. The zero-order valence-corrected chi connectivity index (χ0v) is 17.6. The highest BCUT2D eigenvalue weighted by Crippen LogP contribution is 2.33. The molecule has 32 heavy (non-hydrogen) atoms. The minimum atomic E-state index is -0.317. The van der Waals surface area contributed by atoms with Crippen LogP contribution in [0.2, 0.25) is 0 Å². The second kappa shape index (κ2) is 9.50. The molecule has 7 nitrogen and oxygen atoms in total. The van der Waals surface area contributed by atoms with Gasteiger partial charge in [0.1, 0.15) is 11.5 Å². The first-order valence-corrected chi connectivity index (χ1v) is 11.1. The average molecular weight is 451 g/mol. The van der Waals surface area contributed by atoms with Crippen molar-refractivity contribution in [3.8, 4) is 22.8 Å². The fraction of sp³-hybridized carbons (Fsp3) is 0.292. The zero-order valence-electron chi connectivity index (χ0n) is 16.7. The molecule has 3 N–H and O–H groups in total. The fourth-order valence-electron chi connectivity index (χ4n) is 3.81. The number of hydrogen-bond acceptors (Lipinski definition) is 7. The number of ether oxygens (including phenoxy) is 1. The molecule has 8 heteroatoms. The summed E-state index contributed by atoms with van der Waals surface area (Å²) in [6.07, 6.45) is 7.01. The lowest BCUT2D eigenvalue weighted by molar-refractivity contribution is 0.116. The lowest BCUT2D eigenvalue weighted by Crippen LogP contribution is -2.36. The summed E-state index contributed by atoms with van der Waals surface area (Å²) in [5.41, 5.74) is 2.27. The van der Waals surface area contributed by atoms with Crippen molar-refractivity contribution in [3.63, 3.8) is 0 Å². The molecule has 3 aromatic heterocycles. The molecule has 0 radical (unpaired) electrons. The summed E-state index contributed by atoms with van der Waals surface area (Å²) < 4.78 is 7.07. The first-order valence-electron chi connectivity index (χ1n) is 10.3. The Balaban J connectivity index is 0.00000245. The van der Waals surface area contributed by atoms with Crippen LogP contribution in [-0.4, -0.2) is 32.2 Å². The monoisotopic (exact) mass is 450 g/mol. The van der Waals surface area contributed by atoms with Crippen LogP contribution in [0.25, 0.3) is 21.5 Å². The molecule has 0 unspecified atom stereocenters. The maximum absolute atomic E-state index is 11.3. The van der Waals surface area contributed by atoms with Gasteiger partial charge in [0.05, 0.1) is 28.1 Å². The average Bonchev–Trinajstić information content (AvgIpc) is 3.18. The molecule has 1 saturated carbocycles. The molecular formula is C24H26N4O3S. The van der Waals surface area contributed by atoms with Gasteiger partial charge in [0.25, 0.3) is 0 Å². The third kappa shape index (κ3) is 4.81. The zero-order chi connectivity index (χ0) is 21.2. The summed E-state index contributed by atoms with van der Waals surface area (Å²) in [7, 11) is 0. The van der Waals surface area contributed by atoms with Crippen LogP contribution in [0.1, 0.15) is 33.1 Å².